The molecule has 1 saturated heterocycles. The molecule has 1 unspecified atom stereocenters. The summed E-state index contributed by atoms with van der Waals surface area (Å²) in [5.74, 6) is -0.505. The van der Waals surface area contributed by atoms with E-state index in [1.165, 1.54) is 0 Å². The van der Waals surface area contributed by atoms with Crippen molar-refractivity contribution in [3.05, 3.63) is 17.5 Å². The van der Waals surface area contributed by atoms with Gasteiger partial charge in [-0.15, -0.1) is 0 Å². The lowest BCUT2D eigenvalue weighted by Crippen LogP contribution is -2.65. The van der Waals surface area contributed by atoms with E-state index in [4.69, 9.17) is 0 Å². The van der Waals surface area contributed by atoms with Crippen LogP contribution in [0.3, 0.4) is 0 Å². The lowest BCUT2D eigenvalue weighted by molar-refractivity contribution is -0.133. The van der Waals surface area contributed by atoms with Crippen molar-refractivity contribution in [3.63, 3.8) is 0 Å². The molecule has 1 aromatic rings. The number of carbonyl (C=O) groups excluding carboxylic acids is 3. The third-order valence-electron chi connectivity index (χ3n) is 7.25. The Morgan fingerprint density at radius 1 is 1.16 bits per heavy atom. The van der Waals surface area contributed by atoms with Crippen molar-refractivity contribution in [3.8, 4) is 0 Å². The van der Waals surface area contributed by atoms with Crippen LogP contribution in [0.25, 0.3) is 0 Å². The average molecular weight is 445 g/mol. The second kappa shape index (κ2) is 9.21. The van der Waals surface area contributed by atoms with Gasteiger partial charge >= 0.3 is 0 Å². The summed E-state index contributed by atoms with van der Waals surface area (Å²) < 4.78 is 1.57. The summed E-state index contributed by atoms with van der Waals surface area (Å²) in [5, 5.41) is 7.67. The Bertz CT molecular complexity index is 869. The first kappa shape index (κ1) is 22.8. The van der Waals surface area contributed by atoms with Crippen LogP contribution < -0.4 is 5.32 Å². The highest BCUT2D eigenvalue weighted by Gasteiger charge is 2.48. The third-order valence-corrected chi connectivity index (χ3v) is 7.25. The van der Waals surface area contributed by atoms with Gasteiger partial charge in [-0.25, -0.2) is 0 Å². The van der Waals surface area contributed by atoms with Crippen LogP contribution in [0.5, 0.6) is 0 Å². The number of aromatic nitrogens is 2. The van der Waals surface area contributed by atoms with E-state index in [2.05, 4.69) is 22.2 Å². The Morgan fingerprint density at radius 2 is 1.84 bits per heavy atom. The molecule has 1 saturated carbocycles. The van der Waals surface area contributed by atoms with Gasteiger partial charge in [-0.1, -0.05) is 26.7 Å². The lowest BCUT2D eigenvalue weighted by Gasteiger charge is -2.43. The van der Waals surface area contributed by atoms with Gasteiger partial charge in [0.1, 0.15) is 11.2 Å². The number of nitrogens with one attached hydrogen (secondary N) is 1. The largest absolute Gasteiger partial charge is 0.351 e. The Morgan fingerprint density at radius 3 is 2.47 bits per heavy atom. The quantitative estimate of drug-likeness (QED) is 0.715. The zero-order valence-corrected chi connectivity index (χ0v) is 19.6. The van der Waals surface area contributed by atoms with Crippen LogP contribution >= 0.6 is 0 Å². The summed E-state index contributed by atoms with van der Waals surface area (Å²) >= 11 is 0. The van der Waals surface area contributed by atoms with E-state index in [1.54, 1.807) is 20.5 Å². The Kier molecular flexibility index (Phi) is 6.55. The molecule has 2 fully saturated rings. The second-order valence-electron chi connectivity index (χ2n) is 9.48. The molecule has 9 heteroatoms. The molecule has 3 aliphatic rings. The minimum Gasteiger partial charge on any atom is -0.351 e. The smallest absolute Gasteiger partial charge is 0.274 e. The summed E-state index contributed by atoms with van der Waals surface area (Å²) in [7, 11) is 0. The summed E-state index contributed by atoms with van der Waals surface area (Å²) in [6.45, 7) is 10.7. The van der Waals surface area contributed by atoms with Crippen LogP contribution in [-0.2, 0) is 11.3 Å². The molecule has 1 aromatic heterocycles. The molecule has 2 aliphatic heterocycles. The molecule has 4 rings (SSSR count). The van der Waals surface area contributed by atoms with Gasteiger partial charge in [0.15, 0.2) is 5.69 Å². The van der Waals surface area contributed by atoms with E-state index in [0.717, 1.165) is 51.7 Å². The van der Waals surface area contributed by atoms with Gasteiger partial charge in [-0.3, -0.25) is 19.1 Å². The first-order valence-corrected chi connectivity index (χ1v) is 12.1. The molecule has 3 amide bonds. The molecule has 3 heterocycles. The molecule has 0 aromatic carbocycles. The molecule has 1 atom stereocenters. The summed E-state index contributed by atoms with van der Waals surface area (Å²) in [4.78, 5) is 45.6. The van der Waals surface area contributed by atoms with Gasteiger partial charge in [0.2, 0.25) is 5.91 Å². The van der Waals surface area contributed by atoms with E-state index in [9.17, 15) is 14.4 Å². The highest BCUT2D eigenvalue weighted by Crippen LogP contribution is 2.29. The number of hydrogen-bond acceptors (Lipinski definition) is 5. The topological polar surface area (TPSA) is 90.8 Å². The molecule has 0 radical (unpaired) electrons. The van der Waals surface area contributed by atoms with Gasteiger partial charge in [0.05, 0.1) is 6.54 Å². The molecular weight excluding hydrogens is 408 g/mol. The van der Waals surface area contributed by atoms with Crippen molar-refractivity contribution in [2.75, 3.05) is 39.3 Å². The van der Waals surface area contributed by atoms with Crippen LogP contribution in [0.1, 0.15) is 73.9 Å². The minimum absolute atomic E-state index is 0.129. The van der Waals surface area contributed by atoms with E-state index in [-0.39, 0.29) is 36.0 Å². The lowest BCUT2D eigenvalue weighted by atomic mass is 9.94. The molecule has 0 spiro atoms. The third kappa shape index (κ3) is 4.14. The standard InChI is InChI=1S/C23H36N6O3/c1-4-10-28-21(31)19-15-18(20(30)27-13-11-26(5-2)12-14-27)25-29(19)16-23(28,3)22(32)24-17-8-6-7-9-17/h15,17H,4-14,16H2,1-3H3,(H,24,32). The number of amides is 3. The predicted octanol–water partition coefficient (Wildman–Crippen LogP) is 1.34. The fourth-order valence-electron chi connectivity index (χ4n) is 5.16. The molecule has 1 N–H and O–H groups in total. The number of nitrogens with zero attached hydrogens (tertiary/aromatic N) is 5. The van der Waals surface area contributed by atoms with Crippen LogP contribution in [0.2, 0.25) is 0 Å². The summed E-state index contributed by atoms with van der Waals surface area (Å²) in [6, 6.07) is 1.78. The van der Waals surface area contributed by atoms with Crippen molar-refractivity contribution in [1.82, 2.24) is 29.8 Å². The fourth-order valence-corrected chi connectivity index (χ4v) is 5.16. The van der Waals surface area contributed by atoms with Gasteiger partial charge in [0.25, 0.3) is 11.8 Å². The number of fused-ring (bicyclic) bond motifs is 1. The molecule has 0 bridgehead atoms. The van der Waals surface area contributed by atoms with Crippen molar-refractivity contribution in [2.45, 2.75) is 71.0 Å². The Labute approximate surface area is 190 Å². The average Bonchev–Trinajstić information content (AvgIpc) is 3.46. The molecular formula is C23H36N6O3. The zero-order valence-electron chi connectivity index (χ0n) is 19.6. The maximum atomic E-state index is 13.4. The predicted molar refractivity (Wildman–Crippen MR) is 120 cm³/mol. The van der Waals surface area contributed by atoms with E-state index < -0.39 is 5.54 Å². The van der Waals surface area contributed by atoms with Crippen LogP contribution in [0, 0.1) is 0 Å². The Balaban J connectivity index is 1.56. The zero-order chi connectivity index (χ0) is 22.9. The summed E-state index contributed by atoms with van der Waals surface area (Å²) in [6.07, 6.45) is 4.97. The minimum atomic E-state index is -1.03. The van der Waals surface area contributed by atoms with Gasteiger partial charge in [-0.2, -0.15) is 5.10 Å². The number of carbonyl (C=O) groups is 3. The molecule has 176 valence electrons. The number of piperazine rings is 1. The van der Waals surface area contributed by atoms with E-state index in [0.29, 0.717) is 25.3 Å². The summed E-state index contributed by atoms with van der Waals surface area (Å²) in [5.41, 5.74) is -0.350. The number of rotatable bonds is 6. The maximum absolute atomic E-state index is 13.4. The van der Waals surface area contributed by atoms with E-state index in [1.807, 2.05) is 13.8 Å². The highest BCUT2D eigenvalue weighted by molar-refractivity contribution is 6.02. The van der Waals surface area contributed by atoms with Gasteiger partial charge in [-0.05, 0) is 32.7 Å². The monoisotopic (exact) mass is 444 g/mol. The SMILES string of the molecule is CCCN1C(=O)c2cc(C(=O)N3CCN(CC)CC3)nn2CC1(C)C(=O)NC1CCCC1. The molecule has 32 heavy (non-hydrogen) atoms. The molecule has 1 aliphatic carbocycles. The van der Waals surface area contributed by atoms with Gasteiger partial charge in [0, 0.05) is 44.8 Å². The maximum Gasteiger partial charge on any atom is 0.274 e. The van der Waals surface area contributed by atoms with Crippen molar-refractivity contribution in [2.24, 2.45) is 0 Å². The first-order valence-electron chi connectivity index (χ1n) is 12.1. The van der Waals surface area contributed by atoms with Crippen molar-refractivity contribution >= 4 is 17.7 Å². The number of likely N-dealkylation sites (N-methyl/N-ethyl adjacent to an activating group) is 1. The van der Waals surface area contributed by atoms with Crippen molar-refractivity contribution in [1.29, 1.82) is 0 Å². The second-order valence-corrected chi connectivity index (χ2v) is 9.48. The van der Waals surface area contributed by atoms with Crippen LogP contribution in [-0.4, -0.2) is 93.1 Å². The van der Waals surface area contributed by atoms with E-state index >= 15 is 0 Å². The molecule has 9 nitrogen and oxygen atoms in total. The van der Waals surface area contributed by atoms with Crippen LogP contribution in [0.4, 0.5) is 0 Å². The van der Waals surface area contributed by atoms with Crippen LogP contribution in [0.15, 0.2) is 6.07 Å². The Hall–Kier alpha value is -2.42. The van der Waals surface area contributed by atoms with Crippen molar-refractivity contribution < 1.29 is 14.4 Å². The normalized spacial score (nSPS) is 24.7. The first-order chi connectivity index (χ1) is 15.4. The fraction of sp³-hybridized carbons (Fsp3) is 0.739. The number of hydrogen-bond donors (Lipinski definition) is 1. The highest BCUT2D eigenvalue weighted by atomic mass is 16.2. The van der Waals surface area contributed by atoms with Gasteiger partial charge < -0.3 is 20.0 Å².